The number of aromatic nitrogens is 3. The molecule has 4 heteroatoms. The van der Waals surface area contributed by atoms with Gasteiger partial charge >= 0.3 is 0 Å². The maximum Gasteiger partial charge on any atom is 0.145 e. The molecule has 1 N–H and O–H groups in total. The second-order valence-corrected chi connectivity index (χ2v) is 17.1. The van der Waals surface area contributed by atoms with Crippen LogP contribution in [0.4, 0.5) is 0 Å². The molecule has 0 saturated heterocycles. The van der Waals surface area contributed by atoms with E-state index in [0.29, 0.717) is 6.54 Å². The molecule has 6 aromatic carbocycles. The third-order valence-corrected chi connectivity index (χ3v) is 10.9. The van der Waals surface area contributed by atoms with Crippen LogP contribution in [0.1, 0.15) is 69.4 Å². The predicted octanol–water partition coefficient (Wildman–Crippen LogP) is 13.2. The Morgan fingerprint density at radius 3 is 1.87 bits per heavy atom. The van der Waals surface area contributed by atoms with Gasteiger partial charge in [0.25, 0.3) is 0 Å². The Labute approximate surface area is 325 Å². The molecule has 2 heterocycles. The first-order chi connectivity index (χ1) is 26.2. The molecule has 0 amide bonds. The quantitative estimate of drug-likeness (QED) is 0.186. The van der Waals surface area contributed by atoms with Gasteiger partial charge in [-0.1, -0.05) is 120 Å². The monoisotopic (exact) mass is 719 g/mol. The molecule has 274 valence electrons. The van der Waals surface area contributed by atoms with Crippen LogP contribution in [0, 0.1) is 13.8 Å². The first-order valence-electron chi connectivity index (χ1n) is 19.2. The van der Waals surface area contributed by atoms with Crippen LogP contribution >= 0.6 is 0 Å². The zero-order valence-electron chi connectivity index (χ0n) is 33.2. The standard InChI is InChI=1S/C51H49N3O/c1-32-23-37(25-38(24-32)43-30-40(51(6,7)8)29-41-33(2)21-22-52-47(41)43)42-26-36(35-17-13-10-14-18-35)27-45-48(42)53-49(54(45)31-34-15-11-9-12-16-34)44-28-39(50(3,4)5)19-20-46(44)55/h9-30,55H,31H2,1-8H3. The zero-order chi connectivity index (χ0) is 38.6. The fraction of sp³-hybridized carbons (Fsp3) is 0.216. The molecule has 0 saturated carbocycles. The Morgan fingerprint density at radius 1 is 0.564 bits per heavy atom. The lowest BCUT2D eigenvalue weighted by atomic mass is 9.83. The smallest absolute Gasteiger partial charge is 0.145 e. The summed E-state index contributed by atoms with van der Waals surface area (Å²) in [5.41, 5.74) is 16.1. The second kappa shape index (κ2) is 13.7. The van der Waals surface area contributed by atoms with Crippen molar-refractivity contribution in [2.75, 3.05) is 0 Å². The van der Waals surface area contributed by atoms with Crippen LogP contribution in [0.15, 0.2) is 134 Å². The van der Waals surface area contributed by atoms with Crippen LogP contribution in [0.5, 0.6) is 5.75 Å². The van der Waals surface area contributed by atoms with E-state index in [0.717, 1.165) is 78.0 Å². The molecule has 8 rings (SSSR count). The summed E-state index contributed by atoms with van der Waals surface area (Å²) in [5.74, 6) is 0.957. The first-order valence-corrected chi connectivity index (χ1v) is 19.2. The molecule has 0 atom stereocenters. The number of imidazole rings is 1. The van der Waals surface area contributed by atoms with Crippen molar-refractivity contribution in [1.29, 1.82) is 0 Å². The van der Waals surface area contributed by atoms with Gasteiger partial charge in [0.1, 0.15) is 11.6 Å². The molecule has 0 unspecified atom stereocenters. The van der Waals surface area contributed by atoms with Crippen LogP contribution in [0.25, 0.3) is 66.7 Å². The fourth-order valence-electron chi connectivity index (χ4n) is 7.69. The summed E-state index contributed by atoms with van der Waals surface area (Å²) < 4.78 is 2.28. The average molecular weight is 720 g/mol. The van der Waals surface area contributed by atoms with Crippen LogP contribution in [-0.4, -0.2) is 19.6 Å². The van der Waals surface area contributed by atoms with Crippen molar-refractivity contribution in [3.05, 3.63) is 161 Å². The van der Waals surface area contributed by atoms with E-state index in [1.54, 1.807) is 0 Å². The van der Waals surface area contributed by atoms with E-state index in [2.05, 4.69) is 169 Å². The van der Waals surface area contributed by atoms with E-state index in [1.165, 1.54) is 16.5 Å². The minimum atomic E-state index is -0.107. The largest absolute Gasteiger partial charge is 0.507 e. The third-order valence-electron chi connectivity index (χ3n) is 10.9. The minimum Gasteiger partial charge on any atom is -0.507 e. The number of aromatic hydroxyl groups is 1. The topological polar surface area (TPSA) is 50.9 Å². The van der Waals surface area contributed by atoms with E-state index in [4.69, 9.17) is 9.97 Å². The third kappa shape index (κ3) is 6.94. The number of fused-ring (bicyclic) bond motifs is 2. The lowest BCUT2D eigenvalue weighted by Gasteiger charge is -2.22. The van der Waals surface area contributed by atoms with Gasteiger partial charge in [0.05, 0.1) is 22.1 Å². The van der Waals surface area contributed by atoms with Crippen molar-refractivity contribution < 1.29 is 5.11 Å². The van der Waals surface area contributed by atoms with Gasteiger partial charge in [-0.25, -0.2) is 4.98 Å². The van der Waals surface area contributed by atoms with Crippen molar-refractivity contribution >= 4 is 21.9 Å². The molecule has 0 spiro atoms. The van der Waals surface area contributed by atoms with Crippen molar-refractivity contribution in [2.45, 2.75) is 72.8 Å². The number of benzene rings is 6. The normalized spacial score (nSPS) is 12.1. The van der Waals surface area contributed by atoms with Crippen molar-refractivity contribution in [3.8, 4) is 50.5 Å². The lowest BCUT2D eigenvalue weighted by Crippen LogP contribution is -2.11. The predicted molar refractivity (Wildman–Crippen MR) is 231 cm³/mol. The minimum absolute atomic E-state index is 0.0358. The molecule has 0 fully saturated rings. The maximum atomic E-state index is 11.5. The number of phenolic OH excluding ortho intramolecular Hbond substituents is 1. The number of aryl methyl sites for hydroxylation is 2. The number of hydrogen-bond acceptors (Lipinski definition) is 3. The number of nitrogens with zero attached hydrogens (tertiary/aromatic N) is 3. The highest BCUT2D eigenvalue weighted by Gasteiger charge is 2.24. The molecule has 8 aromatic rings. The van der Waals surface area contributed by atoms with E-state index in [-0.39, 0.29) is 16.6 Å². The summed E-state index contributed by atoms with van der Waals surface area (Å²) in [7, 11) is 0. The molecule has 55 heavy (non-hydrogen) atoms. The second-order valence-electron chi connectivity index (χ2n) is 17.1. The Balaban J connectivity index is 1.44. The van der Waals surface area contributed by atoms with Crippen LogP contribution in [0.3, 0.4) is 0 Å². The van der Waals surface area contributed by atoms with Crippen molar-refractivity contribution in [2.24, 2.45) is 0 Å². The Bertz CT molecular complexity index is 2710. The summed E-state index contributed by atoms with van der Waals surface area (Å²) in [5, 5.41) is 12.7. The average Bonchev–Trinajstić information content (AvgIpc) is 3.51. The fourth-order valence-corrected chi connectivity index (χ4v) is 7.69. The van der Waals surface area contributed by atoms with Crippen LogP contribution < -0.4 is 0 Å². The molecule has 0 aliphatic heterocycles. The van der Waals surface area contributed by atoms with E-state index >= 15 is 0 Å². The van der Waals surface area contributed by atoms with E-state index < -0.39 is 0 Å². The molecule has 4 nitrogen and oxygen atoms in total. The van der Waals surface area contributed by atoms with Crippen molar-refractivity contribution in [1.82, 2.24) is 14.5 Å². The molecule has 0 aliphatic carbocycles. The van der Waals surface area contributed by atoms with E-state index in [9.17, 15) is 5.11 Å². The van der Waals surface area contributed by atoms with Gasteiger partial charge in [-0.15, -0.1) is 0 Å². The Hall–Kier alpha value is -6.00. The molecular formula is C51H49N3O. The van der Waals surface area contributed by atoms with Gasteiger partial charge in [-0.3, -0.25) is 4.98 Å². The SMILES string of the molecule is Cc1cc(-c2cc(C(C)(C)C)cc3c(C)ccnc23)cc(-c2cc(-c3ccccc3)cc3c2nc(-c2cc(C(C)(C)C)ccc2O)n3Cc2ccccc2)c1. The summed E-state index contributed by atoms with van der Waals surface area (Å²) >= 11 is 0. The zero-order valence-corrected chi connectivity index (χ0v) is 33.2. The van der Waals surface area contributed by atoms with Gasteiger partial charge in [-0.2, -0.15) is 0 Å². The van der Waals surface area contributed by atoms with Gasteiger partial charge < -0.3 is 9.67 Å². The van der Waals surface area contributed by atoms with Crippen molar-refractivity contribution in [3.63, 3.8) is 0 Å². The van der Waals surface area contributed by atoms with Gasteiger partial charge in [0.2, 0.25) is 0 Å². The summed E-state index contributed by atoms with van der Waals surface area (Å²) in [6, 6.07) is 45.2. The van der Waals surface area contributed by atoms with Crippen LogP contribution in [0.2, 0.25) is 0 Å². The molecular weight excluding hydrogens is 671 g/mol. The first kappa shape index (κ1) is 36.0. The van der Waals surface area contributed by atoms with Crippen LogP contribution in [-0.2, 0) is 17.4 Å². The van der Waals surface area contributed by atoms with Gasteiger partial charge in [-0.05, 0) is 123 Å². The summed E-state index contributed by atoms with van der Waals surface area (Å²) in [6.07, 6.45) is 1.92. The molecule has 0 aliphatic rings. The maximum absolute atomic E-state index is 11.5. The number of phenols is 1. The summed E-state index contributed by atoms with van der Waals surface area (Å²) in [6.45, 7) is 18.4. The highest BCUT2D eigenvalue weighted by molar-refractivity contribution is 6.01. The van der Waals surface area contributed by atoms with Gasteiger partial charge in [0, 0.05) is 29.3 Å². The molecule has 0 radical (unpaired) electrons. The highest BCUT2D eigenvalue weighted by Crippen LogP contribution is 2.42. The Morgan fingerprint density at radius 2 is 1.20 bits per heavy atom. The highest BCUT2D eigenvalue weighted by atomic mass is 16.3. The number of rotatable bonds is 6. The molecule has 0 bridgehead atoms. The Kier molecular flexibility index (Phi) is 8.96. The molecule has 2 aromatic heterocycles. The van der Waals surface area contributed by atoms with Gasteiger partial charge in [0.15, 0.2) is 0 Å². The number of hydrogen-bond donors (Lipinski definition) is 1. The lowest BCUT2D eigenvalue weighted by molar-refractivity contribution is 0.475. The summed E-state index contributed by atoms with van der Waals surface area (Å²) in [4.78, 5) is 10.5. The number of pyridine rings is 1. The van der Waals surface area contributed by atoms with E-state index in [1.807, 2.05) is 24.4 Å².